The predicted molar refractivity (Wildman–Crippen MR) is 63.3 cm³/mol. The van der Waals surface area contributed by atoms with Crippen LogP contribution in [0.5, 0.6) is 0 Å². The highest BCUT2D eigenvalue weighted by atomic mass is 32.2. The Hall–Kier alpha value is -1.27. The molecule has 1 saturated heterocycles. The lowest BCUT2D eigenvalue weighted by molar-refractivity contribution is 0.00551. The second-order valence-corrected chi connectivity index (χ2v) is 4.21. The summed E-state index contributed by atoms with van der Waals surface area (Å²) in [5.41, 5.74) is 1.28. The lowest BCUT2D eigenvalue weighted by atomic mass is 10.1. The molecule has 1 amide bonds. The Labute approximate surface area is 98.0 Å². The molecule has 0 aliphatic carbocycles. The maximum absolute atomic E-state index is 11.8. The highest BCUT2D eigenvalue weighted by Crippen LogP contribution is 2.14. The molecule has 86 valence electrons. The summed E-state index contributed by atoms with van der Waals surface area (Å²) < 4.78 is 3.03. The van der Waals surface area contributed by atoms with E-state index >= 15 is 0 Å². The van der Waals surface area contributed by atoms with E-state index in [9.17, 15) is 4.79 Å². The molecule has 2 N–H and O–H groups in total. The average Bonchev–Trinajstić information content (AvgIpc) is 2.25. The van der Waals surface area contributed by atoms with Gasteiger partial charge in [-0.3, -0.25) is 4.79 Å². The number of carbonyl (C=O) groups excluding carboxylic acids is 1. The number of likely N-dealkylation sites (tertiary alicyclic amines) is 1. The van der Waals surface area contributed by atoms with Crippen LogP contribution in [0.4, 0.5) is 5.69 Å². The summed E-state index contributed by atoms with van der Waals surface area (Å²) in [4.78, 5) is 17.4. The Morgan fingerprint density at radius 1 is 1.62 bits per heavy atom. The highest BCUT2D eigenvalue weighted by Gasteiger charge is 2.29. The molecule has 0 saturated carbocycles. The number of nitrogens with one attached hydrogen (secondary N) is 1. The molecule has 2 heterocycles. The lowest BCUT2D eigenvalue weighted by Crippen LogP contribution is -2.53. The van der Waals surface area contributed by atoms with Gasteiger partial charge in [0.1, 0.15) is 5.69 Å². The molecule has 1 aromatic heterocycles. The third kappa shape index (κ3) is 2.28. The molecule has 0 unspecified atom stereocenters. The Kier molecular flexibility index (Phi) is 3.31. The predicted octanol–water partition coefficient (Wildman–Crippen LogP) is 0.588. The quantitative estimate of drug-likeness (QED) is 0.756. The summed E-state index contributed by atoms with van der Waals surface area (Å²) in [6.07, 6.45) is 3.17. The van der Waals surface area contributed by atoms with Gasteiger partial charge in [-0.05, 0) is 12.1 Å². The van der Waals surface area contributed by atoms with Gasteiger partial charge in [-0.2, -0.15) is 0 Å². The summed E-state index contributed by atoms with van der Waals surface area (Å²) in [6.45, 7) is 0.816. The molecule has 0 atom stereocenters. The van der Waals surface area contributed by atoms with Crippen molar-refractivity contribution in [1.29, 1.82) is 0 Å². The number of hydrogen-bond acceptors (Lipinski definition) is 5. The minimum atomic E-state index is -0.374. The fourth-order valence-corrected chi connectivity index (χ4v) is 1.84. The Morgan fingerprint density at radius 2 is 2.38 bits per heavy atom. The first-order chi connectivity index (χ1) is 7.70. The first-order valence-corrected chi connectivity index (χ1v) is 6.15. The molecule has 16 heavy (non-hydrogen) atoms. The van der Waals surface area contributed by atoms with E-state index in [-0.39, 0.29) is 12.0 Å². The second-order valence-electron chi connectivity index (χ2n) is 3.60. The van der Waals surface area contributed by atoms with Gasteiger partial charge >= 0.3 is 0 Å². The molecule has 1 aliphatic heterocycles. The summed E-state index contributed by atoms with van der Waals surface area (Å²) in [7, 11) is 0. The number of hydrogen-bond donors (Lipinski definition) is 2. The van der Waals surface area contributed by atoms with Gasteiger partial charge in [0.2, 0.25) is 0 Å². The number of β-amino-alcohol motifs (C(OH)–C–C–N with tert-alkyl or cyclic N) is 1. The second kappa shape index (κ2) is 4.71. The number of nitrogens with zero attached hydrogens (tertiary/aromatic N) is 2. The Bertz CT molecular complexity index is 376. The molecule has 1 aliphatic rings. The van der Waals surface area contributed by atoms with E-state index in [0.29, 0.717) is 18.8 Å². The van der Waals surface area contributed by atoms with Crippen molar-refractivity contribution in [3.63, 3.8) is 0 Å². The van der Waals surface area contributed by atoms with Gasteiger partial charge in [0.05, 0.1) is 18.0 Å². The molecule has 5 nitrogen and oxygen atoms in total. The zero-order valence-electron chi connectivity index (χ0n) is 8.88. The van der Waals surface area contributed by atoms with Crippen LogP contribution in [0.25, 0.3) is 0 Å². The van der Waals surface area contributed by atoms with Crippen molar-refractivity contribution in [3.05, 3.63) is 24.0 Å². The van der Waals surface area contributed by atoms with Crippen molar-refractivity contribution >= 4 is 23.5 Å². The minimum absolute atomic E-state index is 0.124. The van der Waals surface area contributed by atoms with E-state index in [4.69, 9.17) is 5.11 Å². The zero-order valence-corrected chi connectivity index (χ0v) is 9.70. The third-order valence-corrected chi connectivity index (χ3v) is 2.79. The van der Waals surface area contributed by atoms with Gasteiger partial charge in [0.15, 0.2) is 0 Å². The lowest BCUT2D eigenvalue weighted by Gasteiger charge is -2.35. The first-order valence-electron chi connectivity index (χ1n) is 4.93. The van der Waals surface area contributed by atoms with Crippen molar-refractivity contribution in [2.75, 3.05) is 24.1 Å². The van der Waals surface area contributed by atoms with Crippen LogP contribution in [0.15, 0.2) is 18.3 Å². The van der Waals surface area contributed by atoms with Crippen LogP contribution in [0, 0.1) is 0 Å². The largest absolute Gasteiger partial charge is 0.389 e. The number of anilines is 1. The first kappa shape index (κ1) is 11.2. The summed E-state index contributed by atoms with van der Waals surface area (Å²) in [5.74, 6) is -0.124. The third-order valence-electron chi connectivity index (χ3n) is 2.35. The average molecular weight is 239 g/mol. The van der Waals surface area contributed by atoms with Crippen LogP contribution in [-0.2, 0) is 0 Å². The fraction of sp³-hybridized carbons (Fsp3) is 0.400. The van der Waals surface area contributed by atoms with Crippen molar-refractivity contribution in [2.45, 2.75) is 6.10 Å². The minimum Gasteiger partial charge on any atom is -0.389 e. The smallest absolute Gasteiger partial charge is 0.272 e. The van der Waals surface area contributed by atoms with Crippen LogP contribution in [-0.4, -0.2) is 46.3 Å². The van der Waals surface area contributed by atoms with Gasteiger partial charge in [0.25, 0.3) is 5.91 Å². The molecule has 1 fully saturated rings. The van der Waals surface area contributed by atoms with E-state index in [1.165, 1.54) is 11.9 Å². The van der Waals surface area contributed by atoms with E-state index in [2.05, 4.69) is 9.71 Å². The van der Waals surface area contributed by atoms with Crippen LogP contribution < -0.4 is 4.72 Å². The zero-order chi connectivity index (χ0) is 11.5. The van der Waals surface area contributed by atoms with Gasteiger partial charge in [-0.15, -0.1) is 0 Å². The number of amides is 1. The molecule has 6 heteroatoms. The van der Waals surface area contributed by atoms with Crippen molar-refractivity contribution in [1.82, 2.24) is 9.88 Å². The van der Waals surface area contributed by atoms with Gasteiger partial charge in [-0.25, -0.2) is 4.98 Å². The molecular formula is C10H13N3O2S. The van der Waals surface area contributed by atoms with Crippen LogP contribution in [0.3, 0.4) is 0 Å². The number of aliphatic hydroxyl groups excluding tert-OH is 1. The number of carbonyl (C=O) groups is 1. The van der Waals surface area contributed by atoms with Gasteiger partial charge < -0.3 is 14.7 Å². The Morgan fingerprint density at radius 3 is 2.88 bits per heavy atom. The van der Waals surface area contributed by atoms with E-state index in [1.807, 2.05) is 12.3 Å². The summed E-state index contributed by atoms with van der Waals surface area (Å²) >= 11 is 1.47. The SMILES string of the molecule is CSNc1ccc(C(=O)N2CC(O)C2)nc1. The van der Waals surface area contributed by atoms with Crippen LogP contribution in [0.2, 0.25) is 0 Å². The standard InChI is InChI=1S/C10H13N3O2S/c1-16-12-7-2-3-9(11-4-7)10(15)13-5-8(14)6-13/h2-4,8,12,14H,5-6H2,1H3. The Balaban J connectivity index is 2.01. The molecule has 0 spiro atoms. The van der Waals surface area contributed by atoms with Crippen molar-refractivity contribution in [3.8, 4) is 0 Å². The fourth-order valence-electron chi connectivity index (χ4n) is 1.48. The maximum Gasteiger partial charge on any atom is 0.272 e. The van der Waals surface area contributed by atoms with Crippen molar-refractivity contribution in [2.24, 2.45) is 0 Å². The molecule has 0 aromatic carbocycles. The molecule has 0 bridgehead atoms. The number of aromatic nitrogens is 1. The van der Waals surface area contributed by atoms with Crippen LogP contribution in [0.1, 0.15) is 10.5 Å². The molecule has 0 radical (unpaired) electrons. The van der Waals surface area contributed by atoms with E-state index in [0.717, 1.165) is 5.69 Å². The highest BCUT2D eigenvalue weighted by molar-refractivity contribution is 7.99. The normalized spacial score (nSPS) is 15.8. The molecular weight excluding hydrogens is 226 g/mol. The monoisotopic (exact) mass is 239 g/mol. The van der Waals surface area contributed by atoms with E-state index in [1.54, 1.807) is 17.2 Å². The number of pyridine rings is 1. The summed E-state index contributed by atoms with van der Waals surface area (Å²) in [5, 5.41) is 9.10. The number of aliphatic hydroxyl groups is 1. The molecule has 1 aromatic rings. The topological polar surface area (TPSA) is 65.5 Å². The molecule has 2 rings (SSSR count). The van der Waals surface area contributed by atoms with Crippen molar-refractivity contribution < 1.29 is 9.90 Å². The number of rotatable bonds is 3. The summed E-state index contributed by atoms with van der Waals surface area (Å²) in [6, 6.07) is 3.50. The maximum atomic E-state index is 11.8. The van der Waals surface area contributed by atoms with Gasteiger partial charge in [0, 0.05) is 19.3 Å². The van der Waals surface area contributed by atoms with Gasteiger partial charge in [-0.1, -0.05) is 11.9 Å². The van der Waals surface area contributed by atoms with Crippen LogP contribution >= 0.6 is 11.9 Å². The van der Waals surface area contributed by atoms with E-state index < -0.39 is 0 Å².